The number of unbranched alkanes of at least 4 members (excludes halogenated alkanes) is 28. The van der Waals surface area contributed by atoms with E-state index in [1.165, 1.54) is 141 Å². The molecule has 0 aromatic rings. The quantitative estimate of drug-likeness (QED) is 0.0262. The molecule has 0 amide bonds. The Morgan fingerprint density at radius 3 is 0.940 bits per heavy atom. The highest BCUT2D eigenvalue weighted by atomic mass is 16.6. The van der Waals surface area contributed by atoms with Crippen molar-refractivity contribution >= 4 is 17.9 Å². The van der Waals surface area contributed by atoms with Gasteiger partial charge in [0.1, 0.15) is 13.2 Å². The van der Waals surface area contributed by atoms with E-state index >= 15 is 0 Å². The molecular formula is C61H106O6. The van der Waals surface area contributed by atoms with Gasteiger partial charge in [0, 0.05) is 19.3 Å². The number of esters is 3. The summed E-state index contributed by atoms with van der Waals surface area (Å²) in [4.78, 5) is 38.1. The summed E-state index contributed by atoms with van der Waals surface area (Å²) in [6, 6.07) is 0. The Hall–Kier alpha value is -3.15. The number of hydrogen-bond acceptors (Lipinski definition) is 6. The standard InChI is InChI=1S/C61H106O6/c1-4-7-10-13-16-19-22-25-27-29-31-33-34-36-39-42-45-48-51-54-60(63)66-57-58(56-65-59(62)53-50-47-44-41-38-24-21-18-15-12-9-6-3)67-61(64)55-52-49-46-43-40-37-35-32-30-28-26-23-20-17-14-11-8-5-2/h7,9-10,12,16,18-19,21,25,27,38,41,58H,4-6,8,11,13-15,17,20,22-24,26,28-37,39-40,42-57H2,1-3H3/b10-7-,12-9-,19-16-,21-18-,27-25-,41-38-. The molecular weight excluding hydrogens is 829 g/mol. The zero-order valence-electron chi connectivity index (χ0n) is 44.2. The first-order valence-electron chi connectivity index (χ1n) is 28.4. The zero-order chi connectivity index (χ0) is 48.6. The van der Waals surface area contributed by atoms with E-state index in [0.29, 0.717) is 19.3 Å². The van der Waals surface area contributed by atoms with Gasteiger partial charge in [0.15, 0.2) is 6.10 Å². The molecule has 0 spiro atoms. The van der Waals surface area contributed by atoms with E-state index in [4.69, 9.17) is 14.2 Å². The van der Waals surface area contributed by atoms with Crippen LogP contribution in [0.5, 0.6) is 0 Å². The van der Waals surface area contributed by atoms with Gasteiger partial charge in [0.2, 0.25) is 0 Å². The molecule has 1 unspecified atom stereocenters. The van der Waals surface area contributed by atoms with Gasteiger partial charge in [0.25, 0.3) is 0 Å². The monoisotopic (exact) mass is 935 g/mol. The van der Waals surface area contributed by atoms with E-state index in [1.807, 2.05) is 0 Å². The fourth-order valence-electron chi connectivity index (χ4n) is 8.00. The van der Waals surface area contributed by atoms with Crippen molar-refractivity contribution in [3.63, 3.8) is 0 Å². The van der Waals surface area contributed by atoms with Crippen molar-refractivity contribution < 1.29 is 28.6 Å². The summed E-state index contributed by atoms with van der Waals surface area (Å²) in [6.07, 6.45) is 70.4. The highest BCUT2D eigenvalue weighted by molar-refractivity contribution is 5.71. The number of ether oxygens (including phenoxy) is 3. The van der Waals surface area contributed by atoms with Crippen LogP contribution in [0.2, 0.25) is 0 Å². The Kier molecular flexibility index (Phi) is 52.8. The molecule has 0 bridgehead atoms. The molecule has 0 rings (SSSR count). The summed E-state index contributed by atoms with van der Waals surface area (Å²) >= 11 is 0. The van der Waals surface area contributed by atoms with Gasteiger partial charge in [-0.05, 0) is 83.5 Å². The van der Waals surface area contributed by atoms with Gasteiger partial charge in [-0.3, -0.25) is 14.4 Å². The Morgan fingerprint density at radius 1 is 0.313 bits per heavy atom. The van der Waals surface area contributed by atoms with Crippen molar-refractivity contribution in [1.82, 2.24) is 0 Å². The van der Waals surface area contributed by atoms with Crippen LogP contribution in [0.25, 0.3) is 0 Å². The third-order valence-electron chi connectivity index (χ3n) is 12.2. The first-order valence-corrected chi connectivity index (χ1v) is 28.4. The number of hydrogen-bond donors (Lipinski definition) is 0. The van der Waals surface area contributed by atoms with Gasteiger partial charge in [-0.15, -0.1) is 0 Å². The van der Waals surface area contributed by atoms with Gasteiger partial charge in [-0.25, -0.2) is 0 Å². The highest BCUT2D eigenvalue weighted by Gasteiger charge is 2.19. The molecule has 0 aliphatic heterocycles. The smallest absolute Gasteiger partial charge is 0.306 e. The lowest BCUT2D eigenvalue weighted by Gasteiger charge is -2.18. The number of rotatable bonds is 51. The third kappa shape index (κ3) is 53.7. The van der Waals surface area contributed by atoms with Crippen LogP contribution in [0, 0.1) is 0 Å². The highest BCUT2D eigenvalue weighted by Crippen LogP contribution is 2.16. The summed E-state index contributed by atoms with van der Waals surface area (Å²) in [6.45, 7) is 6.40. The van der Waals surface area contributed by atoms with Crippen molar-refractivity contribution in [2.45, 2.75) is 284 Å². The van der Waals surface area contributed by atoms with Crippen LogP contribution in [0.3, 0.4) is 0 Å². The lowest BCUT2D eigenvalue weighted by atomic mass is 10.0. The predicted molar refractivity (Wildman–Crippen MR) is 288 cm³/mol. The van der Waals surface area contributed by atoms with Crippen molar-refractivity contribution in [3.8, 4) is 0 Å². The van der Waals surface area contributed by atoms with Gasteiger partial charge in [-0.2, -0.15) is 0 Å². The molecule has 0 heterocycles. The largest absolute Gasteiger partial charge is 0.462 e. The molecule has 386 valence electrons. The maximum Gasteiger partial charge on any atom is 0.306 e. The Bertz CT molecular complexity index is 1260. The van der Waals surface area contributed by atoms with Crippen LogP contribution in [0.4, 0.5) is 0 Å². The molecule has 0 aromatic heterocycles. The molecule has 67 heavy (non-hydrogen) atoms. The topological polar surface area (TPSA) is 78.9 Å². The molecule has 0 fully saturated rings. The molecule has 6 nitrogen and oxygen atoms in total. The van der Waals surface area contributed by atoms with Crippen LogP contribution in [0.15, 0.2) is 72.9 Å². The normalized spacial score (nSPS) is 12.6. The summed E-state index contributed by atoms with van der Waals surface area (Å²) < 4.78 is 16.8. The molecule has 6 heteroatoms. The minimum atomic E-state index is -0.791. The maximum atomic E-state index is 12.8. The molecule has 0 aromatic carbocycles. The SMILES string of the molecule is CC/C=C\C/C=C\C/C=C\CCCCCCCCCCCC(=O)OCC(COC(=O)CCCC/C=C\C/C=C\C/C=C\CC)OC(=O)CCCCCCCCCCCCCCCCCCCC. The zero-order valence-corrected chi connectivity index (χ0v) is 44.2. The summed E-state index contributed by atoms with van der Waals surface area (Å²) in [5.41, 5.74) is 0. The second kappa shape index (κ2) is 55.4. The van der Waals surface area contributed by atoms with Crippen molar-refractivity contribution in [3.05, 3.63) is 72.9 Å². The van der Waals surface area contributed by atoms with E-state index in [0.717, 1.165) is 96.3 Å². The molecule has 0 aliphatic carbocycles. The minimum Gasteiger partial charge on any atom is -0.462 e. The minimum absolute atomic E-state index is 0.0884. The van der Waals surface area contributed by atoms with Gasteiger partial charge in [0.05, 0.1) is 0 Å². The van der Waals surface area contributed by atoms with E-state index in [9.17, 15) is 14.4 Å². The van der Waals surface area contributed by atoms with Crippen LogP contribution in [-0.4, -0.2) is 37.2 Å². The molecule has 0 aliphatic rings. The van der Waals surface area contributed by atoms with Gasteiger partial charge in [-0.1, -0.05) is 248 Å². The van der Waals surface area contributed by atoms with Crippen LogP contribution < -0.4 is 0 Å². The van der Waals surface area contributed by atoms with Crippen molar-refractivity contribution in [2.75, 3.05) is 13.2 Å². The third-order valence-corrected chi connectivity index (χ3v) is 12.2. The molecule has 1 atom stereocenters. The van der Waals surface area contributed by atoms with Gasteiger partial charge < -0.3 is 14.2 Å². The van der Waals surface area contributed by atoms with E-state index in [2.05, 4.69) is 93.7 Å². The fourth-order valence-corrected chi connectivity index (χ4v) is 8.00. The summed E-state index contributed by atoms with van der Waals surface area (Å²) in [7, 11) is 0. The van der Waals surface area contributed by atoms with Crippen LogP contribution in [0.1, 0.15) is 278 Å². The average Bonchev–Trinajstić information content (AvgIpc) is 3.33. The first kappa shape index (κ1) is 63.8. The van der Waals surface area contributed by atoms with Crippen LogP contribution >= 0.6 is 0 Å². The second-order valence-electron chi connectivity index (χ2n) is 18.8. The summed E-state index contributed by atoms with van der Waals surface area (Å²) in [5, 5.41) is 0. The lowest BCUT2D eigenvalue weighted by molar-refractivity contribution is -0.167. The van der Waals surface area contributed by atoms with Crippen LogP contribution in [-0.2, 0) is 28.6 Å². The second-order valence-corrected chi connectivity index (χ2v) is 18.8. The maximum absolute atomic E-state index is 12.8. The van der Waals surface area contributed by atoms with E-state index < -0.39 is 6.10 Å². The predicted octanol–water partition coefficient (Wildman–Crippen LogP) is 19.0. The first-order chi connectivity index (χ1) is 33.0. The Labute approximate surface area is 414 Å². The molecule has 0 N–H and O–H groups in total. The number of carbonyl (C=O) groups is 3. The fraction of sp³-hybridized carbons (Fsp3) is 0.754. The molecule has 0 saturated carbocycles. The molecule has 0 radical (unpaired) electrons. The summed E-state index contributed by atoms with van der Waals surface area (Å²) in [5.74, 6) is -0.925. The Balaban J connectivity index is 4.36. The average molecular weight is 936 g/mol. The molecule has 0 saturated heterocycles. The number of allylic oxidation sites excluding steroid dienone is 12. The Morgan fingerprint density at radius 2 is 0.582 bits per heavy atom. The van der Waals surface area contributed by atoms with E-state index in [-0.39, 0.29) is 31.1 Å². The van der Waals surface area contributed by atoms with Gasteiger partial charge >= 0.3 is 17.9 Å². The van der Waals surface area contributed by atoms with Crippen molar-refractivity contribution in [1.29, 1.82) is 0 Å². The number of carbonyl (C=O) groups excluding carboxylic acids is 3. The lowest BCUT2D eigenvalue weighted by Crippen LogP contribution is -2.30. The van der Waals surface area contributed by atoms with E-state index in [1.54, 1.807) is 0 Å². The van der Waals surface area contributed by atoms with Crippen molar-refractivity contribution in [2.24, 2.45) is 0 Å².